The van der Waals surface area contributed by atoms with Gasteiger partial charge in [-0.25, -0.2) is 0 Å². The molecule has 3 nitrogen and oxygen atoms in total. The van der Waals surface area contributed by atoms with Crippen molar-refractivity contribution in [2.75, 3.05) is 13.2 Å². The summed E-state index contributed by atoms with van der Waals surface area (Å²) in [6, 6.07) is 0. The van der Waals surface area contributed by atoms with Gasteiger partial charge in [-0.1, -0.05) is 34.6 Å². The van der Waals surface area contributed by atoms with Crippen LogP contribution in [0.2, 0.25) is 0 Å². The van der Waals surface area contributed by atoms with Crippen molar-refractivity contribution in [2.45, 2.75) is 60.3 Å². The minimum atomic E-state index is -0.307. The molecule has 16 heavy (non-hydrogen) atoms. The van der Waals surface area contributed by atoms with Crippen molar-refractivity contribution in [2.24, 2.45) is 17.1 Å². The lowest BCUT2D eigenvalue weighted by molar-refractivity contribution is -0.184. The number of hydrogen-bond donors (Lipinski definition) is 1. The van der Waals surface area contributed by atoms with Crippen LogP contribution in [0.5, 0.6) is 0 Å². The van der Waals surface area contributed by atoms with Crippen molar-refractivity contribution in [3.05, 3.63) is 0 Å². The fourth-order valence-electron chi connectivity index (χ4n) is 1.06. The first-order chi connectivity index (χ1) is 7.01. The Hall–Kier alpha value is -0.120. The van der Waals surface area contributed by atoms with Gasteiger partial charge in [0, 0.05) is 11.5 Å². The third-order valence-electron chi connectivity index (χ3n) is 1.84. The maximum absolute atomic E-state index is 5.89. The molecule has 0 aromatic carbocycles. The lowest BCUT2D eigenvalue weighted by atomic mass is 9.98. The molecule has 0 aliphatic heterocycles. The van der Waals surface area contributed by atoms with E-state index in [9.17, 15) is 0 Å². The summed E-state index contributed by atoms with van der Waals surface area (Å²) < 4.78 is 11.5. The van der Waals surface area contributed by atoms with Crippen molar-refractivity contribution in [1.82, 2.24) is 0 Å². The minimum Gasteiger partial charge on any atom is -0.352 e. The second kappa shape index (κ2) is 5.99. The van der Waals surface area contributed by atoms with E-state index in [0.29, 0.717) is 19.1 Å². The average Bonchev–Trinajstić information content (AvgIpc) is 1.98. The highest BCUT2D eigenvalue weighted by molar-refractivity contribution is 4.71. The first-order valence-electron chi connectivity index (χ1n) is 6.03. The summed E-state index contributed by atoms with van der Waals surface area (Å²) in [6.45, 7) is 15.8. The van der Waals surface area contributed by atoms with Crippen LogP contribution >= 0.6 is 0 Å². The molecule has 1 unspecified atom stereocenters. The molecular formula is C13H29NO2. The first kappa shape index (κ1) is 15.9. The number of hydrogen-bond acceptors (Lipinski definition) is 3. The summed E-state index contributed by atoms with van der Waals surface area (Å²) in [5.74, 6) is 0.338. The van der Waals surface area contributed by atoms with Gasteiger partial charge < -0.3 is 15.2 Å². The van der Waals surface area contributed by atoms with E-state index in [1.165, 1.54) is 0 Å². The quantitative estimate of drug-likeness (QED) is 0.715. The van der Waals surface area contributed by atoms with E-state index >= 15 is 0 Å². The smallest absolute Gasteiger partial charge is 0.159 e. The second-order valence-electron chi connectivity index (χ2n) is 6.78. The van der Waals surface area contributed by atoms with Crippen LogP contribution < -0.4 is 5.73 Å². The summed E-state index contributed by atoms with van der Waals surface area (Å²) in [6.07, 6.45) is -0.165. The Balaban J connectivity index is 4.09. The monoisotopic (exact) mass is 231 g/mol. The summed E-state index contributed by atoms with van der Waals surface area (Å²) >= 11 is 0. The summed E-state index contributed by atoms with van der Waals surface area (Å²) in [4.78, 5) is 0. The molecule has 2 N–H and O–H groups in total. The number of ether oxygens (including phenoxy) is 2. The zero-order valence-corrected chi connectivity index (χ0v) is 12.0. The Bertz CT molecular complexity index is 171. The minimum absolute atomic E-state index is 0.161. The van der Waals surface area contributed by atoms with Gasteiger partial charge in [0.25, 0.3) is 0 Å². The highest BCUT2D eigenvalue weighted by Crippen LogP contribution is 2.18. The zero-order chi connectivity index (χ0) is 13.0. The fourth-order valence-corrected chi connectivity index (χ4v) is 1.06. The van der Waals surface area contributed by atoms with E-state index in [0.717, 1.165) is 0 Å². The molecule has 0 aliphatic carbocycles. The van der Waals surface area contributed by atoms with Gasteiger partial charge in [-0.2, -0.15) is 0 Å². The van der Waals surface area contributed by atoms with Crippen LogP contribution in [0.4, 0.5) is 0 Å². The van der Waals surface area contributed by atoms with Crippen LogP contribution in [0, 0.1) is 11.3 Å². The van der Waals surface area contributed by atoms with Gasteiger partial charge in [0.1, 0.15) is 0 Å². The van der Waals surface area contributed by atoms with Crippen molar-refractivity contribution in [3.8, 4) is 0 Å². The predicted octanol–water partition coefficient (Wildman–Crippen LogP) is 2.79. The molecule has 0 saturated heterocycles. The van der Waals surface area contributed by atoms with Gasteiger partial charge in [0.2, 0.25) is 0 Å². The van der Waals surface area contributed by atoms with E-state index < -0.39 is 0 Å². The standard InChI is InChI=1S/C13H29NO2/c1-10(2)11(15-8-12(3,4)5)16-9-13(6,7)14/h10-11H,8-9,14H2,1-7H3. The van der Waals surface area contributed by atoms with Crippen LogP contribution in [0.25, 0.3) is 0 Å². The van der Waals surface area contributed by atoms with Gasteiger partial charge in [-0.15, -0.1) is 0 Å². The van der Waals surface area contributed by atoms with E-state index in [4.69, 9.17) is 15.2 Å². The molecule has 0 bridgehead atoms. The first-order valence-corrected chi connectivity index (χ1v) is 6.03. The maximum atomic E-state index is 5.89. The second-order valence-corrected chi connectivity index (χ2v) is 6.78. The van der Waals surface area contributed by atoms with Crippen molar-refractivity contribution < 1.29 is 9.47 Å². The summed E-state index contributed by atoms with van der Waals surface area (Å²) in [5, 5.41) is 0. The van der Waals surface area contributed by atoms with Crippen LogP contribution in [-0.4, -0.2) is 25.0 Å². The molecule has 3 heteroatoms. The van der Waals surface area contributed by atoms with E-state index in [1.807, 2.05) is 13.8 Å². The Labute approximate surface area is 101 Å². The maximum Gasteiger partial charge on any atom is 0.159 e. The molecule has 0 saturated carbocycles. The van der Waals surface area contributed by atoms with Gasteiger partial charge >= 0.3 is 0 Å². The lowest BCUT2D eigenvalue weighted by Crippen LogP contribution is -2.40. The highest BCUT2D eigenvalue weighted by atomic mass is 16.7. The number of nitrogens with two attached hydrogens (primary N) is 1. The molecule has 0 aliphatic rings. The van der Waals surface area contributed by atoms with Gasteiger partial charge in [0.05, 0.1) is 13.2 Å². The average molecular weight is 231 g/mol. The summed E-state index contributed by atoms with van der Waals surface area (Å²) in [7, 11) is 0. The molecule has 0 fully saturated rings. The Morgan fingerprint density at radius 3 is 1.69 bits per heavy atom. The molecule has 98 valence electrons. The normalized spacial score (nSPS) is 15.6. The predicted molar refractivity (Wildman–Crippen MR) is 68.3 cm³/mol. The molecule has 0 amide bonds. The Kier molecular flexibility index (Phi) is 5.94. The van der Waals surface area contributed by atoms with E-state index in [2.05, 4.69) is 34.6 Å². The lowest BCUT2D eigenvalue weighted by Gasteiger charge is -2.29. The Morgan fingerprint density at radius 2 is 1.38 bits per heavy atom. The highest BCUT2D eigenvalue weighted by Gasteiger charge is 2.21. The molecular weight excluding hydrogens is 202 g/mol. The van der Waals surface area contributed by atoms with Crippen LogP contribution in [0.1, 0.15) is 48.5 Å². The molecule has 0 heterocycles. The molecule has 1 atom stereocenters. The summed E-state index contributed by atoms with van der Waals surface area (Å²) in [5.41, 5.74) is 5.74. The van der Waals surface area contributed by atoms with Crippen LogP contribution in [0.15, 0.2) is 0 Å². The zero-order valence-electron chi connectivity index (χ0n) is 12.0. The van der Waals surface area contributed by atoms with E-state index in [1.54, 1.807) is 0 Å². The fraction of sp³-hybridized carbons (Fsp3) is 1.00. The molecule has 0 aromatic rings. The molecule has 0 rings (SSSR count). The molecule has 0 radical (unpaired) electrons. The van der Waals surface area contributed by atoms with Crippen molar-refractivity contribution >= 4 is 0 Å². The largest absolute Gasteiger partial charge is 0.352 e. The SMILES string of the molecule is CC(C)C(OCC(C)(C)C)OCC(C)(C)N. The third-order valence-corrected chi connectivity index (χ3v) is 1.84. The van der Waals surface area contributed by atoms with Crippen LogP contribution in [0.3, 0.4) is 0 Å². The molecule has 0 aromatic heterocycles. The number of rotatable bonds is 6. The third kappa shape index (κ3) is 9.13. The van der Waals surface area contributed by atoms with Crippen molar-refractivity contribution in [3.63, 3.8) is 0 Å². The molecule has 0 spiro atoms. The van der Waals surface area contributed by atoms with E-state index in [-0.39, 0.29) is 17.2 Å². The van der Waals surface area contributed by atoms with Crippen molar-refractivity contribution in [1.29, 1.82) is 0 Å². The van der Waals surface area contributed by atoms with Crippen LogP contribution in [-0.2, 0) is 9.47 Å². The topological polar surface area (TPSA) is 44.5 Å². The van der Waals surface area contributed by atoms with Gasteiger partial charge in [-0.05, 0) is 19.3 Å². The Morgan fingerprint density at radius 1 is 0.938 bits per heavy atom. The van der Waals surface area contributed by atoms with Gasteiger partial charge in [0.15, 0.2) is 6.29 Å². The van der Waals surface area contributed by atoms with Gasteiger partial charge in [-0.3, -0.25) is 0 Å².